The van der Waals surface area contributed by atoms with E-state index < -0.39 is 0 Å². The molecule has 0 aliphatic heterocycles. The normalized spacial score (nSPS) is 18.1. The lowest BCUT2D eigenvalue weighted by Gasteiger charge is -2.30. The molecule has 1 aliphatic carbocycles. The van der Waals surface area contributed by atoms with Crippen molar-refractivity contribution in [1.29, 1.82) is 0 Å². The Labute approximate surface area is 174 Å². The molecule has 1 saturated carbocycles. The van der Waals surface area contributed by atoms with Crippen molar-refractivity contribution in [2.45, 2.75) is 104 Å². The van der Waals surface area contributed by atoms with E-state index in [1.807, 2.05) is 0 Å². The van der Waals surface area contributed by atoms with Crippen LogP contribution in [0, 0.1) is 17.8 Å². The molecule has 0 saturated heterocycles. The first-order chi connectivity index (χ1) is 13.5. The summed E-state index contributed by atoms with van der Waals surface area (Å²) in [6, 6.07) is 0.0383. The lowest BCUT2D eigenvalue weighted by atomic mass is 9.84. The van der Waals surface area contributed by atoms with Crippen LogP contribution in [-0.2, 0) is 4.79 Å². The second-order valence-corrected chi connectivity index (χ2v) is 8.89. The number of nitrogens with one attached hydrogen (secondary N) is 2. The molecule has 0 bridgehead atoms. The van der Waals surface area contributed by atoms with E-state index in [1.54, 1.807) is 0 Å². The van der Waals surface area contributed by atoms with E-state index in [-0.39, 0.29) is 17.9 Å². The molecule has 3 nitrogen and oxygen atoms in total. The summed E-state index contributed by atoms with van der Waals surface area (Å²) >= 11 is 0. The molecular weight excluding hydrogens is 344 g/mol. The molecule has 1 amide bonds. The molecular formula is C25H46N2O. The number of rotatable bonds is 15. The average Bonchev–Trinajstić information content (AvgIpc) is 2.72. The largest absolute Gasteiger partial charge is 0.387 e. The van der Waals surface area contributed by atoms with Crippen LogP contribution >= 0.6 is 0 Å². The third kappa shape index (κ3) is 9.80. The Balaban J connectivity index is 2.65. The second-order valence-electron chi connectivity index (χ2n) is 8.89. The zero-order valence-electron chi connectivity index (χ0n) is 18.9. The molecule has 3 heteroatoms. The van der Waals surface area contributed by atoms with Crippen molar-refractivity contribution in [3.63, 3.8) is 0 Å². The molecule has 3 atom stereocenters. The first kappa shape index (κ1) is 24.8. The van der Waals surface area contributed by atoms with Gasteiger partial charge in [-0.2, -0.15) is 0 Å². The summed E-state index contributed by atoms with van der Waals surface area (Å²) in [6.45, 7) is 15.6. The predicted molar refractivity (Wildman–Crippen MR) is 122 cm³/mol. The van der Waals surface area contributed by atoms with Crippen molar-refractivity contribution in [2.24, 2.45) is 17.8 Å². The van der Waals surface area contributed by atoms with E-state index in [9.17, 15) is 4.79 Å². The van der Waals surface area contributed by atoms with Gasteiger partial charge in [-0.05, 0) is 31.1 Å². The molecule has 0 heterocycles. The Bertz CT molecular complexity index is 453. The highest BCUT2D eigenvalue weighted by Gasteiger charge is 2.24. The van der Waals surface area contributed by atoms with Crippen LogP contribution in [0.2, 0.25) is 0 Å². The van der Waals surface area contributed by atoms with E-state index >= 15 is 0 Å². The van der Waals surface area contributed by atoms with Gasteiger partial charge in [0.25, 0.3) is 0 Å². The first-order valence-electron chi connectivity index (χ1n) is 11.9. The van der Waals surface area contributed by atoms with Gasteiger partial charge in [0.1, 0.15) is 0 Å². The minimum absolute atomic E-state index is 0.0383. The highest BCUT2D eigenvalue weighted by molar-refractivity contribution is 5.78. The van der Waals surface area contributed by atoms with E-state index in [4.69, 9.17) is 0 Å². The van der Waals surface area contributed by atoms with Crippen molar-refractivity contribution >= 4 is 5.91 Å². The van der Waals surface area contributed by atoms with Crippen molar-refractivity contribution in [1.82, 2.24) is 10.6 Å². The predicted octanol–water partition coefficient (Wildman–Crippen LogP) is 6.36. The van der Waals surface area contributed by atoms with Crippen molar-refractivity contribution < 1.29 is 4.79 Å². The van der Waals surface area contributed by atoms with Crippen LogP contribution < -0.4 is 10.6 Å². The molecule has 0 spiro atoms. The number of carbonyl (C=O) groups is 1. The summed E-state index contributed by atoms with van der Waals surface area (Å²) in [5.74, 6) is 1.43. The lowest BCUT2D eigenvalue weighted by molar-refractivity contribution is -0.125. The zero-order chi connectivity index (χ0) is 20.8. The number of carbonyl (C=O) groups excluding carboxylic acids is 1. The average molecular weight is 391 g/mol. The summed E-state index contributed by atoms with van der Waals surface area (Å²) in [5, 5.41) is 6.87. The molecule has 0 aromatic rings. The van der Waals surface area contributed by atoms with Gasteiger partial charge in [0.15, 0.2) is 0 Å². The summed E-state index contributed by atoms with van der Waals surface area (Å²) in [4.78, 5) is 12.7. The Hall–Kier alpha value is -1.25. The van der Waals surface area contributed by atoms with E-state index in [1.165, 1.54) is 44.9 Å². The summed E-state index contributed by atoms with van der Waals surface area (Å²) in [7, 11) is 0. The van der Waals surface area contributed by atoms with Gasteiger partial charge in [0.2, 0.25) is 5.91 Å². The lowest BCUT2D eigenvalue weighted by Crippen LogP contribution is -2.44. The Morgan fingerprint density at radius 1 is 1.11 bits per heavy atom. The van der Waals surface area contributed by atoms with Gasteiger partial charge >= 0.3 is 0 Å². The molecule has 28 heavy (non-hydrogen) atoms. The van der Waals surface area contributed by atoms with Gasteiger partial charge in [-0.1, -0.05) is 91.2 Å². The molecule has 162 valence electrons. The number of amides is 1. The molecule has 0 aromatic carbocycles. The maximum Gasteiger partial charge on any atom is 0.223 e. The maximum absolute atomic E-state index is 12.7. The van der Waals surface area contributed by atoms with Gasteiger partial charge < -0.3 is 10.6 Å². The fourth-order valence-corrected chi connectivity index (χ4v) is 4.15. The smallest absolute Gasteiger partial charge is 0.223 e. The number of unbranched alkanes of at least 4 members (excludes halogenated alkanes) is 2. The summed E-state index contributed by atoms with van der Waals surface area (Å²) < 4.78 is 0. The van der Waals surface area contributed by atoms with Crippen LogP contribution in [0.25, 0.3) is 0 Å². The standard InChI is InChI=1S/C25H46N2O/c1-6-9-14-20(4)25(28)27-24(18-23-16-12-11-13-17-23)21(5)26-19-22(8-3)15-10-7-2/h8,20,22-24,26H,3,5-7,9-19H2,1-2,4H3,(H,27,28). The van der Waals surface area contributed by atoms with Gasteiger partial charge in [-0.25, -0.2) is 0 Å². The topological polar surface area (TPSA) is 41.1 Å². The van der Waals surface area contributed by atoms with Gasteiger partial charge in [0, 0.05) is 18.2 Å². The highest BCUT2D eigenvalue weighted by Crippen LogP contribution is 2.28. The molecule has 0 aromatic heterocycles. The van der Waals surface area contributed by atoms with Crippen LogP contribution in [0.1, 0.15) is 97.8 Å². The van der Waals surface area contributed by atoms with Gasteiger partial charge in [0.05, 0.1) is 6.04 Å². The summed E-state index contributed by atoms with van der Waals surface area (Å²) in [5.41, 5.74) is 0.977. The van der Waals surface area contributed by atoms with E-state index in [0.717, 1.165) is 44.3 Å². The van der Waals surface area contributed by atoms with E-state index in [0.29, 0.717) is 11.8 Å². The van der Waals surface area contributed by atoms with Crippen LogP contribution in [0.15, 0.2) is 24.9 Å². The Morgan fingerprint density at radius 3 is 2.36 bits per heavy atom. The SMILES string of the molecule is C=CC(CCCC)CNC(=C)C(CC1CCCCC1)NC(=O)C(C)CCCC. The number of hydrogen-bond donors (Lipinski definition) is 2. The molecule has 2 N–H and O–H groups in total. The third-order valence-electron chi connectivity index (χ3n) is 6.32. The zero-order valence-corrected chi connectivity index (χ0v) is 18.9. The summed E-state index contributed by atoms with van der Waals surface area (Å²) in [6.07, 6.45) is 16.5. The third-order valence-corrected chi connectivity index (χ3v) is 6.32. The number of hydrogen-bond acceptors (Lipinski definition) is 2. The van der Waals surface area contributed by atoms with Gasteiger partial charge in [-0.3, -0.25) is 4.79 Å². The maximum atomic E-state index is 12.7. The van der Waals surface area contributed by atoms with Crippen LogP contribution in [0.3, 0.4) is 0 Å². The first-order valence-corrected chi connectivity index (χ1v) is 11.9. The van der Waals surface area contributed by atoms with Crippen LogP contribution in [0.5, 0.6) is 0 Å². The van der Waals surface area contributed by atoms with Crippen molar-refractivity contribution in [3.8, 4) is 0 Å². The Kier molecular flexibility index (Phi) is 13.0. The molecule has 0 radical (unpaired) electrons. The van der Waals surface area contributed by atoms with Gasteiger partial charge in [-0.15, -0.1) is 6.58 Å². The van der Waals surface area contributed by atoms with Crippen molar-refractivity contribution in [2.75, 3.05) is 6.54 Å². The molecule has 1 rings (SSSR count). The minimum atomic E-state index is 0.0383. The quantitative estimate of drug-likeness (QED) is 0.319. The fourth-order valence-electron chi connectivity index (χ4n) is 4.15. The molecule has 3 unspecified atom stereocenters. The highest BCUT2D eigenvalue weighted by atomic mass is 16.1. The van der Waals surface area contributed by atoms with E-state index in [2.05, 4.69) is 50.6 Å². The minimum Gasteiger partial charge on any atom is -0.387 e. The second kappa shape index (κ2) is 14.7. The van der Waals surface area contributed by atoms with Crippen LogP contribution in [-0.4, -0.2) is 18.5 Å². The monoisotopic (exact) mass is 390 g/mol. The molecule has 1 fully saturated rings. The Morgan fingerprint density at radius 2 is 1.75 bits per heavy atom. The van der Waals surface area contributed by atoms with Crippen molar-refractivity contribution in [3.05, 3.63) is 24.9 Å². The molecule has 1 aliphatic rings. The van der Waals surface area contributed by atoms with Crippen LogP contribution in [0.4, 0.5) is 0 Å². The fraction of sp³-hybridized carbons (Fsp3) is 0.800.